The summed E-state index contributed by atoms with van der Waals surface area (Å²) in [4.78, 5) is 4.35. The highest BCUT2D eigenvalue weighted by molar-refractivity contribution is 8.39. The fourth-order valence-electron chi connectivity index (χ4n) is 0.790. The molecular weight excluding hydrogens is 212 g/mol. The number of hydrogen-bond donors (Lipinski definition) is 1. The van der Waals surface area contributed by atoms with Crippen molar-refractivity contribution in [3.63, 3.8) is 0 Å². The van der Waals surface area contributed by atoms with Gasteiger partial charge in [0, 0.05) is 18.1 Å². The molecule has 1 N–H and O–H groups in total. The zero-order valence-electron chi connectivity index (χ0n) is 7.21. The second-order valence-corrected chi connectivity index (χ2v) is 4.62. The summed E-state index contributed by atoms with van der Waals surface area (Å²) in [6, 6.07) is 0. The summed E-state index contributed by atoms with van der Waals surface area (Å²) in [7, 11) is 0. The van der Waals surface area contributed by atoms with Crippen molar-refractivity contribution in [2.45, 2.75) is 6.92 Å². The molecule has 0 aromatic rings. The molecule has 0 spiro atoms. The molecule has 1 heterocycles. The van der Waals surface area contributed by atoms with Crippen molar-refractivity contribution in [2.75, 3.05) is 31.1 Å². The monoisotopic (exact) mass is 226 g/mol. The minimum Gasteiger partial charge on any atom is -0.316 e. The molecule has 0 atom stereocenters. The number of aliphatic imine (C=N–C) groups is 1. The van der Waals surface area contributed by atoms with Crippen molar-refractivity contribution < 1.29 is 0 Å². The van der Waals surface area contributed by atoms with E-state index in [-0.39, 0.29) is 12.4 Å². The molecule has 0 aromatic carbocycles. The fraction of sp³-hybridized carbons (Fsp3) is 0.857. The zero-order valence-corrected chi connectivity index (χ0v) is 9.66. The third-order valence-electron chi connectivity index (χ3n) is 1.31. The molecule has 0 saturated heterocycles. The average Bonchev–Trinajstić information content (AvgIpc) is 2.50. The Morgan fingerprint density at radius 1 is 1.67 bits per heavy atom. The van der Waals surface area contributed by atoms with Crippen molar-refractivity contribution in [3.05, 3.63) is 0 Å². The molecule has 72 valence electrons. The van der Waals surface area contributed by atoms with Crippen LogP contribution in [0, 0.1) is 0 Å². The predicted molar refractivity (Wildman–Crippen MR) is 63.0 cm³/mol. The smallest absolute Gasteiger partial charge is 0.124 e. The average molecular weight is 227 g/mol. The fourth-order valence-corrected chi connectivity index (χ4v) is 2.77. The molecule has 0 bridgehead atoms. The Morgan fingerprint density at radius 2 is 2.50 bits per heavy atom. The van der Waals surface area contributed by atoms with Crippen molar-refractivity contribution in [2.24, 2.45) is 4.99 Å². The van der Waals surface area contributed by atoms with Crippen LogP contribution in [0.25, 0.3) is 0 Å². The molecule has 2 nitrogen and oxygen atoms in total. The molecule has 0 amide bonds. The van der Waals surface area contributed by atoms with E-state index >= 15 is 0 Å². The van der Waals surface area contributed by atoms with Crippen LogP contribution in [-0.2, 0) is 0 Å². The summed E-state index contributed by atoms with van der Waals surface area (Å²) in [5, 5.41) is 3.29. The first-order valence-corrected chi connectivity index (χ1v) is 5.91. The van der Waals surface area contributed by atoms with Crippen molar-refractivity contribution in [3.8, 4) is 0 Å². The Labute approximate surface area is 88.8 Å². The Kier molecular flexibility index (Phi) is 8.65. The second kappa shape index (κ2) is 8.23. The number of nitrogens with one attached hydrogen (secondary N) is 1. The maximum atomic E-state index is 4.35. The lowest BCUT2D eigenvalue weighted by Gasteiger charge is -1.99. The highest BCUT2D eigenvalue weighted by Crippen LogP contribution is 2.21. The lowest BCUT2D eigenvalue weighted by molar-refractivity contribution is 0.769. The summed E-state index contributed by atoms with van der Waals surface area (Å²) >= 11 is 3.76. The maximum Gasteiger partial charge on any atom is 0.124 e. The molecule has 1 rings (SSSR count). The maximum absolute atomic E-state index is 4.35. The Hall–Kier alpha value is 0.620. The first-order valence-electron chi connectivity index (χ1n) is 3.94. The third kappa shape index (κ3) is 5.30. The quantitative estimate of drug-likeness (QED) is 0.741. The number of hydrogen-bond acceptors (Lipinski definition) is 4. The molecule has 0 saturated carbocycles. The molecule has 1 aliphatic heterocycles. The lowest BCUT2D eigenvalue weighted by Crippen LogP contribution is -2.16. The molecular formula is C7H15ClN2S2. The second-order valence-electron chi connectivity index (χ2n) is 2.20. The van der Waals surface area contributed by atoms with Gasteiger partial charge in [-0.15, -0.1) is 12.4 Å². The topological polar surface area (TPSA) is 24.4 Å². The van der Waals surface area contributed by atoms with Crippen LogP contribution in [0.1, 0.15) is 6.92 Å². The first kappa shape index (κ1) is 12.6. The van der Waals surface area contributed by atoms with Gasteiger partial charge in [-0.2, -0.15) is 0 Å². The van der Waals surface area contributed by atoms with Gasteiger partial charge in [0.1, 0.15) is 4.38 Å². The van der Waals surface area contributed by atoms with Gasteiger partial charge in [-0.1, -0.05) is 30.4 Å². The van der Waals surface area contributed by atoms with E-state index in [4.69, 9.17) is 0 Å². The van der Waals surface area contributed by atoms with Crippen molar-refractivity contribution in [1.82, 2.24) is 5.32 Å². The standard InChI is InChI=1S/C7H14N2S2.ClH/c1-2-8-3-5-10-7-9-4-6-11-7;/h8H,2-6H2,1H3;1H. The number of halogens is 1. The van der Waals surface area contributed by atoms with E-state index in [0.29, 0.717) is 0 Å². The van der Waals surface area contributed by atoms with Crippen molar-refractivity contribution in [1.29, 1.82) is 0 Å². The summed E-state index contributed by atoms with van der Waals surface area (Å²) in [6.07, 6.45) is 0. The van der Waals surface area contributed by atoms with E-state index in [0.717, 1.165) is 25.4 Å². The van der Waals surface area contributed by atoms with Gasteiger partial charge in [-0.05, 0) is 6.54 Å². The number of rotatable bonds is 4. The van der Waals surface area contributed by atoms with Crippen LogP contribution in [0.4, 0.5) is 0 Å². The molecule has 0 radical (unpaired) electrons. The van der Waals surface area contributed by atoms with Gasteiger partial charge in [0.2, 0.25) is 0 Å². The molecule has 0 aromatic heterocycles. The molecule has 12 heavy (non-hydrogen) atoms. The highest BCUT2D eigenvalue weighted by Gasteiger charge is 2.05. The SMILES string of the molecule is CCNCCSC1=NCCS1.Cl. The third-order valence-corrected chi connectivity index (χ3v) is 3.57. The van der Waals surface area contributed by atoms with Gasteiger partial charge in [0.25, 0.3) is 0 Å². The minimum atomic E-state index is 0. The Morgan fingerprint density at radius 3 is 3.08 bits per heavy atom. The van der Waals surface area contributed by atoms with Crippen LogP contribution in [0.15, 0.2) is 4.99 Å². The van der Waals surface area contributed by atoms with E-state index in [9.17, 15) is 0 Å². The van der Waals surface area contributed by atoms with E-state index in [1.807, 2.05) is 23.5 Å². The van der Waals surface area contributed by atoms with E-state index in [2.05, 4.69) is 17.2 Å². The van der Waals surface area contributed by atoms with Gasteiger partial charge in [0.15, 0.2) is 0 Å². The molecule has 0 fully saturated rings. The largest absolute Gasteiger partial charge is 0.316 e. The first-order chi connectivity index (χ1) is 5.43. The van der Waals surface area contributed by atoms with Gasteiger partial charge in [0.05, 0.1) is 6.54 Å². The lowest BCUT2D eigenvalue weighted by atomic mass is 10.7. The van der Waals surface area contributed by atoms with Gasteiger partial charge in [-0.25, -0.2) is 0 Å². The van der Waals surface area contributed by atoms with Crippen LogP contribution in [0.2, 0.25) is 0 Å². The molecule has 1 aliphatic rings. The normalized spacial score (nSPS) is 15.6. The van der Waals surface area contributed by atoms with Gasteiger partial charge < -0.3 is 5.32 Å². The molecule has 0 unspecified atom stereocenters. The highest BCUT2D eigenvalue weighted by atomic mass is 35.5. The summed E-state index contributed by atoms with van der Waals surface area (Å²) in [5.74, 6) is 2.34. The predicted octanol–water partition coefficient (Wildman–Crippen LogP) is 1.85. The van der Waals surface area contributed by atoms with Crippen molar-refractivity contribution >= 4 is 40.3 Å². The van der Waals surface area contributed by atoms with Crippen LogP contribution in [0.3, 0.4) is 0 Å². The minimum absolute atomic E-state index is 0. The van der Waals surface area contributed by atoms with Crippen LogP contribution < -0.4 is 5.32 Å². The van der Waals surface area contributed by atoms with E-state index < -0.39 is 0 Å². The van der Waals surface area contributed by atoms with E-state index in [1.165, 1.54) is 10.1 Å². The van der Waals surface area contributed by atoms with Crippen LogP contribution in [-0.4, -0.2) is 35.5 Å². The summed E-state index contributed by atoms with van der Waals surface area (Å²) in [6.45, 7) is 5.32. The van der Waals surface area contributed by atoms with E-state index in [1.54, 1.807) is 0 Å². The zero-order chi connectivity index (χ0) is 7.94. The van der Waals surface area contributed by atoms with Crippen LogP contribution >= 0.6 is 35.9 Å². The molecule has 0 aliphatic carbocycles. The summed E-state index contributed by atoms with van der Waals surface area (Å²) in [5.41, 5.74) is 0. The van der Waals surface area contributed by atoms with Gasteiger partial charge >= 0.3 is 0 Å². The summed E-state index contributed by atoms with van der Waals surface area (Å²) < 4.78 is 1.28. The molecule has 5 heteroatoms. The Balaban J connectivity index is 0.00000121. The number of nitrogens with zero attached hydrogens (tertiary/aromatic N) is 1. The Bertz CT molecular complexity index is 141. The van der Waals surface area contributed by atoms with Gasteiger partial charge in [-0.3, -0.25) is 4.99 Å². The van der Waals surface area contributed by atoms with Crippen LogP contribution in [0.5, 0.6) is 0 Å². The number of thioether (sulfide) groups is 2.